The van der Waals surface area contributed by atoms with Crippen LogP contribution in [0.4, 0.5) is 0 Å². The van der Waals surface area contributed by atoms with Gasteiger partial charge in [-0.15, -0.1) is 0 Å². The molecule has 2 saturated carbocycles. The Morgan fingerprint density at radius 3 is 2.07 bits per heavy atom. The smallest absolute Gasteiger partial charge is 0.238 e. The zero-order chi connectivity index (χ0) is 22.5. The van der Waals surface area contributed by atoms with Gasteiger partial charge in [-0.2, -0.15) is 0 Å². The maximum Gasteiger partial charge on any atom is 0.238 e. The van der Waals surface area contributed by atoms with Crippen molar-refractivity contribution in [1.29, 1.82) is 0 Å². The average molecular weight is 455 g/mol. The van der Waals surface area contributed by atoms with E-state index in [1.807, 2.05) is 0 Å². The molecule has 4 nitrogen and oxygen atoms in total. The van der Waals surface area contributed by atoms with E-state index < -0.39 is 15.8 Å². The van der Waals surface area contributed by atoms with Gasteiger partial charge >= 0.3 is 0 Å². The second kappa shape index (κ2) is 8.78. The maximum absolute atomic E-state index is 14.0. The summed E-state index contributed by atoms with van der Waals surface area (Å²) in [6.07, 6.45) is 9.95. The van der Waals surface area contributed by atoms with Crippen molar-refractivity contribution < 1.29 is 8.99 Å². The van der Waals surface area contributed by atoms with Gasteiger partial charge in [0.05, 0.1) is 0 Å². The summed E-state index contributed by atoms with van der Waals surface area (Å²) in [5.74, 6) is 3.69. The summed E-state index contributed by atoms with van der Waals surface area (Å²) in [5.41, 5.74) is 0. The summed E-state index contributed by atoms with van der Waals surface area (Å²) >= 11 is 0. The van der Waals surface area contributed by atoms with E-state index in [9.17, 15) is 4.57 Å². The Kier molecular flexibility index (Phi) is 7.23. The second-order valence-corrected chi connectivity index (χ2v) is 19.4. The zero-order valence-electron chi connectivity index (χ0n) is 21.0. The van der Waals surface area contributed by atoms with Crippen LogP contribution in [-0.2, 0) is 8.99 Å². The lowest BCUT2D eigenvalue weighted by Gasteiger charge is -2.40. The fourth-order valence-corrected chi connectivity index (χ4v) is 10.0. The van der Waals surface area contributed by atoms with Crippen LogP contribution < -0.4 is 0 Å². The van der Waals surface area contributed by atoms with Gasteiger partial charge in [0, 0.05) is 24.0 Å². The fraction of sp³-hybridized carbons (Fsp3) is 0.917. The van der Waals surface area contributed by atoms with Crippen molar-refractivity contribution in [3.63, 3.8) is 0 Å². The molecule has 1 unspecified atom stereocenters. The first-order chi connectivity index (χ1) is 13.8. The standard InChI is InChI=1S/C24H47N2O2PSi/c1-18(20-14-15-23(19(20)2)28-30(8,9)24(3,4)5)16-17-29(27)25(6)21-12-10-11-13-22(21)26(29)7/h16-23H,10-15H2,1-9H3/b17-16+/t18-,19-,20-,21+,22+,23?/m0/s1. The highest BCUT2D eigenvalue weighted by molar-refractivity contribution is 7.62. The van der Waals surface area contributed by atoms with E-state index in [0.29, 0.717) is 35.9 Å². The molecule has 0 radical (unpaired) electrons. The Morgan fingerprint density at radius 1 is 1.03 bits per heavy atom. The molecule has 3 aliphatic rings. The van der Waals surface area contributed by atoms with Crippen molar-refractivity contribution >= 4 is 15.8 Å². The van der Waals surface area contributed by atoms with E-state index in [2.05, 4.69) is 83.0 Å². The molecule has 0 aromatic rings. The maximum atomic E-state index is 14.0. The molecular weight excluding hydrogens is 407 g/mol. The highest BCUT2D eigenvalue weighted by atomic mass is 31.2. The molecule has 174 valence electrons. The molecule has 1 saturated heterocycles. The molecule has 1 aliphatic heterocycles. The number of fused-ring (bicyclic) bond motifs is 1. The van der Waals surface area contributed by atoms with E-state index >= 15 is 0 Å². The van der Waals surface area contributed by atoms with Crippen molar-refractivity contribution in [1.82, 2.24) is 9.34 Å². The van der Waals surface area contributed by atoms with Crippen molar-refractivity contribution in [3.8, 4) is 0 Å². The third-order valence-corrected chi connectivity index (χ3v) is 16.6. The minimum atomic E-state index is -2.58. The average Bonchev–Trinajstić information content (AvgIpc) is 3.11. The molecule has 0 aromatic heterocycles. The minimum absolute atomic E-state index is 0.254. The third kappa shape index (κ3) is 4.44. The summed E-state index contributed by atoms with van der Waals surface area (Å²) in [4.78, 5) is 0. The van der Waals surface area contributed by atoms with Crippen LogP contribution in [0.15, 0.2) is 11.9 Å². The molecule has 0 amide bonds. The Balaban J connectivity index is 1.67. The normalized spacial score (nSPS) is 37.0. The lowest BCUT2D eigenvalue weighted by Crippen LogP contribution is -2.45. The molecule has 0 bridgehead atoms. The van der Waals surface area contributed by atoms with Gasteiger partial charge in [0.2, 0.25) is 7.44 Å². The summed E-state index contributed by atoms with van der Waals surface area (Å²) in [5, 5.41) is 0.254. The number of nitrogens with zero attached hydrogens (tertiary/aromatic N) is 2. The van der Waals surface area contributed by atoms with Gasteiger partial charge in [0.15, 0.2) is 8.32 Å². The molecule has 3 rings (SSSR count). The SMILES string of the molecule is C[C@@H]1C(O[Si](C)(C)C(C)(C)C)CC[C@H]1[C@@H](C)/C=C/P1(=O)N(C)[C@@H]2CCCC[C@H]2N1C. The quantitative estimate of drug-likeness (QED) is 0.332. The third-order valence-electron chi connectivity index (χ3n) is 9.12. The van der Waals surface area contributed by atoms with Crippen molar-refractivity contribution in [3.05, 3.63) is 11.9 Å². The van der Waals surface area contributed by atoms with Gasteiger partial charge in [-0.25, -0.2) is 9.34 Å². The van der Waals surface area contributed by atoms with Crippen molar-refractivity contribution in [2.45, 2.75) is 109 Å². The molecule has 3 fully saturated rings. The largest absolute Gasteiger partial charge is 0.414 e. The predicted molar refractivity (Wildman–Crippen MR) is 131 cm³/mol. The van der Waals surface area contributed by atoms with Crippen LogP contribution in [0.1, 0.15) is 73.1 Å². The van der Waals surface area contributed by atoms with Gasteiger partial charge in [-0.05, 0) is 75.7 Å². The minimum Gasteiger partial charge on any atom is -0.414 e. The molecular formula is C24H47N2O2PSi. The molecule has 2 aliphatic carbocycles. The molecule has 0 N–H and O–H groups in total. The van der Waals surface area contributed by atoms with E-state index in [-0.39, 0.29) is 5.04 Å². The summed E-state index contributed by atoms with van der Waals surface area (Å²) < 4.78 is 25.2. The molecule has 0 aromatic carbocycles. The first-order valence-electron chi connectivity index (χ1n) is 12.2. The highest BCUT2D eigenvalue weighted by Gasteiger charge is 2.50. The number of hydrogen-bond donors (Lipinski definition) is 0. The number of rotatable bonds is 5. The highest BCUT2D eigenvalue weighted by Crippen LogP contribution is 2.63. The Morgan fingerprint density at radius 2 is 1.57 bits per heavy atom. The van der Waals surface area contributed by atoms with Gasteiger partial charge in [-0.3, -0.25) is 4.57 Å². The van der Waals surface area contributed by atoms with Crippen LogP contribution in [0.25, 0.3) is 0 Å². The van der Waals surface area contributed by atoms with Gasteiger partial charge < -0.3 is 4.43 Å². The topological polar surface area (TPSA) is 32.8 Å². The molecule has 6 heteroatoms. The summed E-state index contributed by atoms with van der Waals surface area (Å²) in [7, 11) is -0.147. The lowest BCUT2D eigenvalue weighted by atomic mass is 9.86. The number of hydrogen-bond acceptors (Lipinski definition) is 2. The molecule has 30 heavy (non-hydrogen) atoms. The molecule has 0 spiro atoms. The zero-order valence-corrected chi connectivity index (χ0v) is 22.9. The molecule has 6 atom stereocenters. The predicted octanol–water partition coefficient (Wildman–Crippen LogP) is 6.95. The fourth-order valence-electron chi connectivity index (χ4n) is 5.83. The van der Waals surface area contributed by atoms with Gasteiger partial charge in [-0.1, -0.05) is 53.5 Å². The van der Waals surface area contributed by atoms with E-state index in [1.54, 1.807) is 0 Å². The van der Waals surface area contributed by atoms with Crippen LogP contribution in [0, 0.1) is 17.8 Å². The van der Waals surface area contributed by atoms with Crippen LogP contribution in [-0.4, -0.2) is 49.9 Å². The van der Waals surface area contributed by atoms with Gasteiger partial charge in [0.1, 0.15) is 0 Å². The molecule has 1 heterocycles. The summed E-state index contributed by atoms with van der Waals surface area (Å²) in [6.45, 7) is 16.4. The van der Waals surface area contributed by atoms with Crippen LogP contribution in [0.5, 0.6) is 0 Å². The van der Waals surface area contributed by atoms with E-state index in [0.717, 1.165) is 6.42 Å². The lowest BCUT2D eigenvalue weighted by molar-refractivity contribution is 0.128. The van der Waals surface area contributed by atoms with Crippen LogP contribution in [0.2, 0.25) is 18.1 Å². The number of likely N-dealkylation sites (N-methyl/N-ethyl adjacent to an activating group) is 2. The van der Waals surface area contributed by atoms with Crippen LogP contribution in [0.3, 0.4) is 0 Å². The Hall–Kier alpha value is 0.0669. The first-order valence-corrected chi connectivity index (χ1v) is 16.8. The summed E-state index contributed by atoms with van der Waals surface area (Å²) in [6, 6.07) is 0.921. The second-order valence-electron chi connectivity index (χ2n) is 11.9. The van der Waals surface area contributed by atoms with Gasteiger partial charge in [0.25, 0.3) is 0 Å². The van der Waals surface area contributed by atoms with Crippen molar-refractivity contribution in [2.75, 3.05) is 14.1 Å². The van der Waals surface area contributed by atoms with Crippen LogP contribution >= 0.6 is 7.44 Å². The Labute approximate surface area is 187 Å². The van der Waals surface area contributed by atoms with E-state index in [4.69, 9.17) is 4.43 Å². The number of allylic oxidation sites excluding steroid dienone is 1. The first kappa shape index (κ1) is 24.7. The monoisotopic (exact) mass is 454 g/mol. The van der Waals surface area contributed by atoms with E-state index in [1.165, 1.54) is 32.1 Å². The Bertz CT molecular complexity index is 667. The van der Waals surface area contributed by atoms with Crippen molar-refractivity contribution in [2.24, 2.45) is 17.8 Å².